The Morgan fingerprint density at radius 1 is 0.284 bits per heavy atom. The molecule has 4 nitrogen and oxygen atoms in total. The summed E-state index contributed by atoms with van der Waals surface area (Å²) in [6.45, 7) is 9.32. The highest BCUT2D eigenvalue weighted by Crippen LogP contribution is 2.53. The van der Waals surface area contributed by atoms with Gasteiger partial charge in [-0.25, -0.2) is 0 Å². The molecule has 0 bridgehead atoms. The van der Waals surface area contributed by atoms with Gasteiger partial charge in [0.1, 0.15) is 11.2 Å². The molecule has 12 aromatic carbocycles. The Morgan fingerprint density at radius 2 is 0.649 bits per heavy atom. The summed E-state index contributed by atoms with van der Waals surface area (Å²) in [5.74, 6) is 0.425. The number of rotatable bonds is 10. The molecule has 14 aromatic rings. The molecule has 2 aromatic heterocycles. The second-order valence-electron chi connectivity index (χ2n) is 20.4. The van der Waals surface area contributed by atoms with Crippen molar-refractivity contribution in [2.75, 3.05) is 9.80 Å². The number of para-hydroxylation sites is 4. The molecule has 354 valence electrons. The van der Waals surface area contributed by atoms with Gasteiger partial charge in [0.15, 0.2) is 11.2 Å². The Hall–Kier alpha value is -9.12. The Labute approximate surface area is 430 Å². The van der Waals surface area contributed by atoms with Gasteiger partial charge in [-0.05, 0) is 127 Å². The van der Waals surface area contributed by atoms with E-state index in [0.717, 1.165) is 89.1 Å². The highest BCUT2D eigenvalue weighted by atomic mass is 16.3. The summed E-state index contributed by atoms with van der Waals surface area (Å²) in [5, 5.41) is 11.8. The van der Waals surface area contributed by atoms with Crippen molar-refractivity contribution in [2.24, 2.45) is 0 Å². The minimum absolute atomic E-state index is 0.213. The maximum Gasteiger partial charge on any atom is 0.159 e. The van der Waals surface area contributed by atoms with Crippen LogP contribution in [0.5, 0.6) is 0 Å². The predicted octanol–water partition coefficient (Wildman–Crippen LogP) is 20.9. The smallest absolute Gasteiger partial charge is 0.159 e. The molecule has 4 heteroatoms. The van der Waals surface area contributed by atoms with Crippen LogP contribution in [-0.2, 0) is 0 Å². The van der Waals surface area contributed by atoms with E-state index in [-0.39, 0.29) is 11.8 Å². The minimum atomic E-state index is 0.213. The molecule has 0 fully saturated rings. The van der Waals surface area contributed by atoms with Crippen LogP contribution in [0.15, 0.2) is 239 Å². The summed E-state index contributed by atoms with van der Waals surface area (Å²) in [5.41, 5.74) is 16.9. The average molecular weight is 953 g/mol. The van der Waals surface area contributed by atoms with Crippen molar-refractivity contribution in [1.29, 1.82) is 0 Å². The molecule has 74 heavy (non-hydrogen) atoms. The zero-order valence-corrected chi connectivity index (χ0v) is 41.8. The molecule has 0 spiro atoms. The molecule has 14 rings (SSSR count). The largest absolute Gasteiger partial charge is 0.454 e. The predicted molar refractivity (Wildman–Crippen MR) is 313 cm³/mol. The topological polar surface area (TPSA) is 32.8 Å². The maximum atomic E-state index is 6.92. The monoisotopic (exact) mass is 952 g/mol. The Kier molecular flexibility index (Phi) is 10.2. The van der Waals surface area contributed by atoms with Gasteiger partial charge in [0.05, 0.1) is 22.7 Å². The molecule has 2 heterocycles. The average Bonchev–Trinajstić information content (AvgIpc) is 4.04. The first-order valence-electron chi connectivity index (χ1n) is 25.9. The molecule has 0 amide bonds. The standard InChI is InChI=1S/C70H52N2O2/c1-43(2)59-41-63(71(49-25-15-23-47(39-49)45-19-7-5-8-20-45)61-31-17-29-55-51-27-11-13-33-65(51)73-69(55)61)57-38-36-54-60(44(3)4)42-64(58-37-35-53(59)67(57)68(54)58)72(50-26-16-24-48(40-50)46-21-9-6-10-22-46)62-32-18-30-56-52-28-12-14-34-66(52)74-70(56)62/h5-44H,1-4H3. The first-order chi connectivity index (χ1) is 36.4. The number of fused-ring (bicyclic) bond motifs is 6. The van der Waals surface area contributed by atoms with Crippen molar-refractivity contribution in [1.82, 2.24) is 0 Å². The number of anilines is 6. The molecule has 0 N–H and O–H groups in total. The normalized spacial score (nSPS) is 12.0. The van der Waals surface area contributed by atoms with E-state index in [4.69, 9.17) is 8.83 Å². The van der Waals surface area contributed by atoms with Gasteiger partial charge in [-0.3, -0.25) is 0 Å². The fourth-order valence-corrected chi connectivity index (χ4v) is 11.9. The van der Waals surface area contributed by atoms with E-state index in [1.165, 1.54) is 54.6 Å². The fraction of sp³-hybridized carbons (Fsp3) is 0.0857. The zero-order valence-electron chi connectivity index (χ0n) is 41.8. The van der Waals surface area contributed by atoms with E-state index in [9.17, 15) is 0 Å². The van der Waals surface area contributed by atoms with E-state index in [0.29, 0.717) is 0 Å². The summed E-state index contributed by atoms with van der Waals surface area (Å²) >= 11 is 0. The number of benzene rings is 12. The molecule has 0 aliphatic rings. The fourth-order valence-electron chi connectivity index (χ4n) is 11.9. The van der Waals surface area contributed by atoms with Gasteiger partial charge >= 0.3 is 0 Å². The number of hydrogen-bond donors (Lipinski definition) is 0. The highest BCUT2D eigenvalue weighted by Gasteiger charge is 2.29. The SMILES string of the molecule is CC(C)c1cc(N(c2cccc(-c3ccccc3)c2)c2cccc3c2oc2ccccc23)c2ccc3c(C(C)C)cc(N(c4cccc(-c5ccccc5)c4)c4cccc5c4oc4ccccc45)c4ccc1c2c34. The van der Waals surface area contributed by atoms with Crippen molar-refractivity contribution >= 4 is 110 Å². The van der Waals surface area contributed by atoms with Gasteiger partial charge in [-0.15, -0.1) is 0 Å². The summed E-state index contributed by atoms with van der Waals surface area (Å²) in [4.78, 5) is 4.92. The van der Waals surface area contributed by atoms with E-state index in [1.54, 1.807) is 0 Å². The van der Waals surface area contributed by atoms with Crippen molar-refractivity contribution in [2.45, 2.75) is 39.5 Å². The lowest BCUT2D eigenvalue weighted by Gasteiger charge is -2.31. The van der Waals surface area contributed by atoms with Crippen molar-refractivity contribution in [3.8, 4) is 22.3 Å². The summed E-state index contributed by atoms with van der Waals surface area (Å²) in [7, 11) is 0. The molecule has 0 atom stereocenters. The molecule has 0 saturated carbocycles. The summed E-state index contributed by atoms with van der Waals surface area (Å²) in [6, 6.07) is 83.8. The van der Waals surface area contributed by atoms with Crippen molar-refractivity contribution in [3.05, 3.63) is 242 Å². The van der Waals surface area contributed by atoms with Crippen LogP contribution in [0.2, 0.25) is 0 Å². The number of furan rings is 2. The second kappa shape index (κ2) is 17.3. The molecule has 0 aliphatic heterocycles. The minimum Gasteiger partial charge on any atom is -0.454 e. The molecule has 0 saturated heterocycles. The third kappa shape index (κ3) is 6.89. The quantitative estimate of drug-likeness (QED) is 0.128. The van der Waals surface area contributed by atoms with Gasteiger partial charge in [-0.1, -0.05) is 198 Å². The van der Waals surface area contributed by atoms with Gasteiger partial charge in [0, 0.05) is 43.7 Å². The molecule has 0 aliphatic carbocycles. The van der Waals surface area contributed by atoms with E-state index in [1.807, 2.05) is 0 Å². The van der Waals surface area contributed by atoms with Crippen LogP contribution < -0.4 is 9.80 Å². The highest BCUT2D eigenvalue weighted by molar-refractivity contribution is 6.30. The van der Waals surface area contributed by atoms with Crippen LogP contribution >= 0.6 is 0 Å². The third-order valence-corrected chi connectivity index (χ3v) is 15.3. The zero-order chi connectivity index (χ0) is 49.6. The van der Waals surface area contributed by atoms with Crippen LogP contribution in [0, 0.1) is 0 Å². The van der Waals surface area contributed by atoms with Crippen molar-refractivity contribution < 1.29 is 8.83 Å². The van der Waals surface area contributed by atoms with Crippen molar-refractivity contribution in [3.63, 3.8) is 0 Å². The van der Waals surface area contributed by atoms with Crippen LogP contribution in [-0.4, -0.2) is 0 Å². The molecule has 0 unspecified atom stereocenters. The summed E-state index contributed by atoms with van der Waals surface area (Å²) in [6.07, 6.45) is 0. The third-order valence-electron chi connectivity index (χ3n) is 15.3. The lowest BCUT2D eigenvalue weighted by molar-refractivity contribution is 0.668. The number of nitrogens with zero attached hydrogens (tertiary/aromatic N) is 2. The summed E-state index contributed by atoms with van der Waals surface area (Å²) < 4.78 is 13.8. The van der Waals surface area contributed by atoms with Gasteiger partial charge in [-0.2, -0.15) is 0 Å². The Balaban J connectivity index is 1.10. The second-order valence-corrected chi connectivity index (χ2v) is 20.4. The van der Waals surface area contributed by atoms with Crippen LogP contribution in [0.25, 0.3) is 98.4 Å². The number of hydrogen-bond acceptors (Lipinski definition) is 4. The van der Waals surface area contributed by atoms with Gasteiger partial charge in [0.2, 0.25) is 0 Å². The molecule has 0 radical (unpaired) electrons. The van der Waals surface area contributed by atoms with Gasteiger partial charge < -0.3 is 18.6 Å². The Bertz CT molecular complexity index is 4160. The van der Waals surface area contributed by atoms with E-state index in [2.05, 4.69) is 268 Å². The Morgan fingerprint density at radius 3 is 1.08 bits per heavy atom. The van der Waals surface area contributed by atoms with E-state index < -0.39 is 0 Å². The molecular formula is C70H52N2O2. The maximum absolute atomic E-state index is 6.92. The first kappa shape index (κ1) is 43.7. The van der Waals surface area contributed by atoms with Crippen LogP contribution in [0.1, 0.15) is 50.7 Å². The lowest BCUT2D eigenvalue weighted by atomic mass is 9.84. The lowest BCUT2D eigenvalue weighted by Crippen LogP contribution is -2.13. The molecular weight excluding hydrogens is 901 g/mol. The van der Waals surface area contributed by atoms with Crippen LogP contribution in [0.4, 0.5) is 34.1 Å². The van der Waals surface area contributed by atoms with E-state index >= 15 is 0 Å². The van der Waals surface area contributed by atoms with Gasteiger partial charge in [0.25, 0.3) is 0 Å². The van der Waals surface area contributed by atoms with Crippen LogP contribution in [0.3, 0.4) is 0 Å². The first-order valence-corrected chi connectivity index (χ1v) is 25.9.